The summed E-state index contributed by atoms with van der Waals surface area (Å²) in [5.74, 6) is 1.21. The van der Waals surface area contributed by atoms with Crippen LogP contribution in [0.4, 0.5) is 0 Å². The summed E-state index contributed by atoms with van der Waals surface area (Å²) in [4.78, 5) is 12.5. The van der Waals surface area contributed by atoms with Gasteiger partial charge in [0.05, 0.1) is 11.7 Å². The summed E-state index contributed by atoms with van der Waals surface area (Å²) in [6, 6.07) is 0. The summed E-state index contributed by atoms with van der Waals surface area (Å²) < 4.78 is 6.41. The zero-order valence-electron chi connectivity index (χ0n) is 15.3. The van der Waals surface area contributed by atoms with Gasteiger partial charge in [-0.2, -0.15) is 0 Å². The normalized spacial score (nSPS) is 48.3. The molecule has 2 saturated carbocycles. The molecule has 1 heterocycles. The number of aliphatic hydroxyl groups is 1. The van der Waals surface area contributed by atoms with Gasteiger partial charge in [-0.3, -0.25) is 4.79 Å². The van der Waals surface area contributed by atoms with Crippen LogP contribution in [0.3, 0.4) is 0 Å². The first kappa shape index (κ1) is 17.2. The van der Waals surface area contributed by atoms with Gasteiger partial charge in [0, 0.05) is 11.8 Å². The van der Waals surface area contributed by atoms with Crippen molar-refractivity contribution >= 4 is 5.78 Å². The molecule has 0 spiro atoms. The van der Waals surface area contributed by atoms with E-state index in [0.29, 0.717) is 24.0 Å². The molecule has 3 rings (SSSR count). The molecule has 0 bridgehead atoms. The molecule has 3 nitrogen and oxygen atoms in total. The smallest absolute Gasteiger partial charge is 0.138 e. The molecule has 3 aliphatic rings. The van der Waals surface area contributed by atoms with Gasteiger partial charge in [-0.1, -0.05) is 26.8 Å². The molecular weight excluding hydrogens is 288 g/mol. The Balaban J connectivity index is 1.97. The molecule has 0 aromatic rings. The van der Waals surface area contributed by atoms with Crippen molar-refractivity contribution < 1.29 is 14.6 Å². The lowest BCUT2D eigenvalue weighted by atomic mass is 9.45. The SMILES string of the molecule is C=C[C@](C)(O)[C@H]1C[C@@H]2[C@@]3(C)CCC(=O)C(C)(C)[C@@H]3CC[C@@]2(C)O1. The zero-order valence-corrected chi connectivity index (χ0v) is 15.3. The molecule has 1 N–H and O–H groups in total. The van der Waals surface area contributed by atoms with E-state index in [-0.39, 0.29) is 22.5 Å². The fraction of sp³-hybridized carbons (Fsp3) is 0.850. The lowest BCUT2D eigenvalue weighted by Gasteiger charge is -2.59. The molecule has 0 aromatic carbocycles. The van der Waals surface area contributed by atoms with E-state index in [0.717, 1.165) is 25.7 Å². The number of ether oxygens (including phenoxy) is 1. The van der Waals surface area contributed by atoms with Crippen LogP contribution in [0.25, 0.3) is 0 Å². The first-order valence-corrected chi connectivity index (χ1v) is 9.04. The van der Waals surface area contributed by atoms with E-state index in [4.69, 9.17) is 4.74 Å². The minimum Gasteiger partial charge on any atom is -0.383 e. The van der Waals surface area contributed by atoms with E-state index < -0.39 is 5.60 Å². The second kappa shape index (κ2) is 4.92. The standard InChI is InChI=1S/C20H32O3/c1-7-19(5,22)16-12-14-18(4)10-9-15(21)17(2,3)13(18)8-11-20(14,6)23-16/h7,13-14,16,22H,1,8-12H2,2-6H3/t13-,14+,16+,18-,19-,20+/m0/s1. The van der Waals surface area contributed by atoms with Crippen molar-refractivity contribution in [3.8, 4) is 0 Å². The summed E-state index contributed by atoms with van der Waals surface area (Å²) in [7, 11) is 0. The number of rotatable bonds is 2. The average Bonchev–Trinajstić information content (AvgIpc) is 2.83. The lowest BCUT2D eigenvalue weighted by molar-refractivity contribution is -0.175. The highest BCUT2D eigenvalue weighted by Gasteiger charge is 2.64. The summed E-state index contributed by atoms with van der Waals surface area (Å²) in [6.07, 6.45) is 5.89. The molecule has 3 fully saturated rings. The van der Waals surface area contributed by atoms with Crippen LogP contribution in [0.15, 0.2) is 12.7 Å². The maximum atomic E-state index is 12.5. The highest BCUT2D eigenvalue weighted by molar-refractivity contribution is 5.85. The number of hydrogen-bond acceptors (Lipinski definition) is 3. The highest BCUT2D eigenvalue weighted by atomic mass is 16.5. The Hall–Kier alpha value is -0.670. The Bertz CT molecular complexity index is 535. The van der Waals surface area contributed by atoms with Gasteiger partial charge in [0.1, 0.15) is 11.4 Å². The van der Waals surface area contributed by atoms with Gasteiger partial charge in [0.25, 0.3) is 0 Å². The Kier molecular flexibility index (Phi) is 3.67. The van der Waals surface area contributed by atoms with Gasteiger partial charge in [0.15, 0.2) is 0 Å². The monoisotopic (exact) mass is 320 g/mol. The summed E-state index contributed by atoms with van der Waals surface area (Å²) in [5.41, 5.74) is -1.32. The average molecular weight is 320 g/mol. The van der Waals surface area contributed by atoms with E-state index in [2.05, 4.69) is 34.3 Å². The molecule has 2 aliphatic carbocycles. The molecule has 23 heavy (non-hydrogen) atoms. The second-order valence-corrected chi connectivity index (χ2v) is 9.38. The van der Waals surface area contributed by atoms with Crippen molar-refractivity contribution in [1.82, 2.24) is 0 Å². The fourth-order valence-electron chi connectivity index (χ4n) is 6.04. The van der Waals surface area contributed by atoms with Crippen LogP contribution in [-0.2, 0) is 9.53 Å². The molecular formula is C20H32O3. The molecule has 0 aromatic heterocycles. The third-order valence-corrected chi connectivity index (χ3v) is 7.67. The van der Waals surface area contributed by atoms with Crippen LogP contribution in [0, 0.1) is 22.7 Å². The summed E-state index contributed by atoms with van der Waals surface area (Å²) >= 11 is 0. The van der Waals surface area contributed by atoms with Crippen molar-refractivity contribution in [3.05, 3.63) is 12.7 Å². The third-order valence-electron chi connectivity index (χ3n) is 7.67. The number of carbonyl (C=O) groups excluding carboxylic acids is 1. The number of hydrogen-bond donors (Lipinski definition) is 1. The number of fused-ring (bicyclic) bond motifs is 3. The van der Waals surface area contributed by atoms with E-state index in [1.54, 1.807) is 13.0 Å². The van der Waals surface area contributed by atoms with E-state index in [9.17, 15) is 9.90 Å². The largest absolute Gasteiger partial charge is 0.383 e. The minimum absolute atomic E-state index is 0.108. The predicted octanol–water partition coefficient (Wildman–Crippen LogP) is 3.89. The maximum Gasteiger partial charge on any atom is 0.138 e. The topological polar surface area (TPSA) is 46.5 Å². The zero-order chi connectivity index (χ0) is 17.3. The van der Waals surface area contributed by atoms with Gasteiger partial charge in [-0.05, 0) is 56.8 Å². The quantitative estimate of drug-likeness (QED) is 0.785. The van der Waals surface area contributed by atoms with Crippen LogP contribution in [0.1, 0.15) is 66.7 Å². The van der Waals surface area contributed by atoms with Gasteiger partial charge in [0.2, 0.25) is 0 Å². The third kappa shape index (κ3) is 2.26. The van der Waals surface area contributed by atoms with E-state index in [1.807, 2.05) is 0 Å². The van der Waals surface area contributed by atoms with Crippen molar-refractivity contribution in [2.45, 2.75) is 84.0 Å². The predicted molar refractivity (Wildman–Crippen MR) is 91.1 cm³/mol. The van der Waals surface area contributed by atoms with Gasteiger partial charge in [-0.25, -0.2) is 0 Å². The Morgan fingerprint density at radius 1 is 1.26 bits per heavy atom. The number of ketones is 1. The Morgan fingerprint density at radius 2 is 1.91 bits per heavy atom. The van der Waals surface area contributed by atoms with Crippen molar-refractivity contribution in [3.63, 3.8) is 0 Å². The summed E-state index contributed by atoms with van der Waals surface area (Å²) in [6.45, 7) is 14.4. The first-order chi connectivity index (χ1) is 10.5. The molecule has 3 heteroatoms. The molecule has 1 aliphatic heterocycles. The van der Waals surface area contributed by atoms with Crippen LogP contribution in [0.5, 0.6) is 0 Å². The summed E-state index contributed by atoms with van der Waals surface area (Å²) in [5, 5.41) is 10.6. The van der Waals surface area contributed by atoms with E-state index in [1.165, 1.54) is 0 Å². The number of Topliss-reactive ketones (excluding diaryl/α,β-unsaturated/α-hetero) is 1. The van der Waals surface area contributed by atoms with Gasteiger partial charge >= 0.3 is 0 Å². The Morgan fingerprint density at radius 3 is 2.52 bits per heavy atom. The van der Waals surface area contributed by atoms with Crippen LogP contribution in [-0.4, -0.2) is 28.2 Å². The molecule has 0 radical (unpaired) electrons. The van der Waals surface area contributed by atoms with Crippen molar-refractivity contribution in [2.75, 3.05) is 0 Å². The first-order valence-electron chi connectivity index (χ1n) is 9.04. The van der Waals surface area contributed by atoms with Gasteiger partial charge < -0.3 is 9.84 Å². The second-order valence-electron chi connectivity index (χ2n) is 9.38. The molecule has 6 atom stereocenters. The number of carbonyl (C=O) groups is 1. The molecule has 1 saturated heterocycles. The van der Waals surface area contributed by atoms with E-state index >= 15 is 0 Å². The molecule has 0 unspecified atom stereocenters. The van der Waals surface area contributed by atoms with Crippen molar-refractivity contribution in [2.24, 2.45) is 22.7 Å². The van der Waals surface area contributed by atoms with Gasteiger partial charge in [-0.15, -0.1) is 6.58 Å². The van der Waals surface area contributed by atoms with Crippen LogP contribution < -0.4 is 0 Å². The maximum absolute atomic E-state index is 12.5. The lowest BCUT2D eigenvalue weighted by Crippen LogP contribution is -2.58. The highest BCUT2D eigenvalue weighted by Crippen LogP contribution is 2.65. The van der Waals surface area contributed by atoms with Crippen molar-refractivity contribution in [1.29, 1.82) is 0 Å². The Labute approximate surface area is 140 Å². The van der Waals surface area contributed by atoms with Crippen LogP contribution >= 0.6 is 0 Å². The van der Waals surface area contributed by atoms with Crippen LogP contribution in [0.2, 0.25) is 0 Å². The molecule has 130 valence electrons. The fourth-order valence-corrected chi connectivity index (χ4v) is 6.04. The molecule has 0 amide bonds. The minimum atomic E-state index is -0.994.